The van der Waals surface area contributed by atoms with Crippen molar-refractivity contribution in [2.45, 2.75) is 12.7 Å². The topological polar surface area (TPSA) is 21.3 Å². The Kier molecular flexibility index (Phi) is 5.21. The maximum Gasteiger partial charge on any atom is 0.387 e. The Labute approximate surface area is 129 Å². The van der Waals surface area contributed by atoms with Gasteiger partial charge in [0, 0.05) is 5.56 Å². The van der Waals surface area contributed by atoms with Crippen molar-refractivity contribution in [3.8, 4) is 5.75 Å². The Morgan fingerprint density at radius 1 is 1.20 bits per heavy atom. The number of thiophene rings is 1. The lowest BCUT2D eigenvalue weighted by molar-refractivity contribution is -0.0498. The SMILES string of the molecule is CNC(c1ccc(OC(F)F)cc1)c1cc(Cl)sc1Cl. The van der Waals surface area contributed by atoms with Crippen molar-refractivity contribution in [1.29, 1.82) is 0 Å². The molecule has 2 aromatic rings. The molecule has 0 saturated heterocycles. The molecule has 0 aliphatic carbocycles. The molecule has 0 fully saturated rings. The Balaban J connectivity index is 2.26. The summed E-state index contributed by atoms with van der Waals surface area (Å²) in [5.74, 6) is 0.119. The van der Waals surface area contributed by atoms with Gasteiger partial charge >= 0.3 is 6.61 Å². The zero-order chi connectivity index (χ0) is 14.7. The molecule has 0 bridgehead atoms. The number of hydrogen-bond donors (Lipinski definition) is 1. The van der Waals surface area contributed by atoms with E-state index < -0.39 is 6.61 Å². The maximum atomic E-state index is 12.1. The van der Waals surface area contributed by atoms with Gasteiger partial charge in [0.1, 0.15) is 5.75 Å². The van der Waals surface area contributed by atoms with Crippen LogP contribution in [0.25, 0.3) is 0 Å². The van der Waals surface area contributed by atoms with E-state index in [-0.39, 0.29) is 11.8 Å². The van der Waals surface area contributed by atoms with Crippen LogP contribution in [0.4, 0.5) is 8.78 Å². The molecule has 0 aliphatic rings. The summed E-state index contributed by atoms with van der Waals surface area (Å²) in [4.78, 5) is 0. The van der Waals surface area contributed by atoms with Gasteiger partial charge in [-0.15, -0.1) is 11.3 Å². The van der Waals surface area contributed by atoms with Gasteiger partial charge in [0.15, 0.2) is 0 Å². The van der Waals surface area contributed by atoms with Crippen molar-refractivity contribution in [3.63, 3.8) is 0 Å². The van der Waals surface area contributed by atoms with Gasteiger partial charge in [-0.3, -0.25) is 0 Å². The van der Waals surface area contributed by atoms with Gasteiger partial charge in [0.05, 0.1) is 14.7 Å². The number of benzene rings is 1. The Morgan fingerprint density at radius 3 is 2.30 bits per heavy atom. The summed E-state index contributed by atoms with van der Waals surface area (Å²) >= 11 is 13.4. The second-order valence-electron chi connectivity index (χ2n) is 3.95. The van der Waals surface area contributed by atoms with Crippen LogP contribution in [0.3, 0.4) is 0 Å². The summed E-state index contributed by atoms with van der Waals surface area (Å²) < 4.78 is 29.7. The van der Waals surface area contributed by atoms with Gasteiger partial charge in [0.2, 0.25) is 0 Å². The predicted octanol–water partition coefficient (Wildman–Crippen LogP) is 4.97. The zero-order valence-electron chi connectivity index (χ0n) is 10.4. The molecule has 1 aromatic carbocycles. The van der Waals surface area contributed by atoms with Crippen LogP contribution in [-0.4, -0.2) is 13.7 Å². The molecule has 1 N–H and O–H groups in total. The molecular weight excluding hydrogens is 327 g/mol. The van der Waals surface area contributed by atoms with Crippen LogP contribution in [-0.2, 0) is 0 Å². The normalized spacial score (nSPS) is 12.7. The zero-order valence-corrected chi connectivity index (χ0v) is 12.7. The third kappa shape index (κ3) is 3.61. The average Bonchev–Trinajstić information content (AvgIpc) is 2.71. The van der Waals surface area contributed by atoms with Crippen molar-refractivity contribution >= 4 is 34.5 Å². The molecule has 1 aromatic heterocycles. The van der Waals surface area contributed by atoms with Crippen LogP contribution >= 0.6 is 34.5 Å². The van der Waals surface area contributed by atoms with Crippen LogP contribution in [0.1, 0.15) is 17.2 Å². The number of ether oxygens (including phenoxy) is 1. The molecule has 108 valence electrons. The molecule has 0 radical (unpaired) electrons. The third-order valence-electron chi connectivity index (χ3n) is 2.72. The van der Waals surface area contributed by atoms with Gasteiger partial charge in [-0.25, -0.2) is 0 Å². The number of alkyl halides is 2. The van der Waals surface area contributed by atoms with E-state index in [1.165, 1.54) is 23.5 Å². The first-order valence-corrected chi connectivity index (χ1v) is 7.25. The van der Waals surface area contributed by atoms with Crippen LogP contribution < -0.4 is 10.1 Å². The first kappa shape index (κ1) is 15.5. The van der Waals surface area contributed by atoms with Crippen molar-refractivity contribution in [1.82, 2.24) is 5.32 Å². The van der Waals surface area contributed by atoms with E-state index in [1.807, 2.05) is 0 Å². The van der Waals surface area contributed by atoms with Crippen molar-refractivity contribution in [3.05, 3.63) is 50.1 Å². The predicted molar refractivity (Wildman–Crippen MR) is 78.3 cm³/mol. The highest BCUT2D eigenvalue weighted by Crippen LogP contribution is 2.37. The standard InChI is InChI=1S/C13H11Cl2F2NOS/c1-18-11(9-6-10(14)20-12(9)15)7-2-4-8(5-3-7)19-13(16)17/h2-6,11,13,18H,1H3. The monoisotopic (exact) mass is 337 g/mol. The Hall–Kier alpha value is -0.880. The van der Waals surface area contributed by atoms with E-state index in [9.17, 15) is 8.78 Å². The molecule has 2 nitrogen and oxygen atoms in total. The lowest BCUT2D eigenvalue weighted by Crippen LogP contribution is -2.17. The molecule has 7 heteroatoms. The fourth-order valence-corrected chi connectivity index (χ4v) is 3.43. The second kappa shape index (κ2) is 6.72. The molecule has 20 heavy (non-hydrogen) atoms. The lowest BCUT2D eigenvalue weighted by Gasteiger charge is -2.16. The first-order chi connectivity index (χ1) is 9.51. The Morgan fingerprint density at radius 2 is 1.85 bits per heavy atom. The minimum atomic E-state index is -2.83. The number of rotatable bonds is 5. The van der Waals surface area contributed by atoms with E-state index in [2.05, 4.69) is 10.1 Å². The summed E-state index contributed by atoms with van der Waals surface area (Å²) in [7, 11) is 1.79. The van der Waals surface area contributed by atoms with Crippen LogP contribution in [0, 0.1) is 0 Å². The van der Waals surface area contributed by atoms with Gasteiger partial charge in [-0.1, -0.05) is 35.3 Å². The molecular formula is C13H11Cl2F2NOS. The highest BCUT2D eigenvalue weighted by atomic mass is 35.5. The van der Waals surface area contributed by atoms with E-state index >= 15 is 0 Å². The van der Waals surface area contributed by atoms with Crippen molar-refractivity contribution < 1.29 is 13.5 Å². The fourth-order valence-electron chi connectivity index (χ4n) is 1.89. The third-order valence-corrected chi connectivity index (χ3v) is 4.24. The van der Waals surface area contributed by atoms with E-state index in [1.54, 1.807) is 25.2 Å². The van der Waals surface area contributed by atoms with E-state index in [4.69, 9.17) is 23.2 Å². The van der Waals surface area contributed by atoms with Crippen LogP contribution in [0.15, 0.2) is 30.3 Å². The minimum Gasteiger partial charge on any atom is -0.435 e. The summed E-state index contributed by atoms with van der Waals surface area (Å²) in [6.07, 6.45) is 0. The molecule has 0 saturated carbocycles. The molecule has 0 amide bonds. The molecule has 0 aliphatic heterocycles. The summed E-state index contributed by atoms with van der Waals surface area (Å²) in [6, 6.07) is 8.04. The molecule has 1 atom stereocenters. The van der Waals surface area contributed by atoms with E-state index in [0.29, 0.717) is 8.67 Å². The number of nitrogens with one attached hydrogen (secondary N) is 1. The molecule has 0 spiro atoms. The van der Waals surface area contributed by atoms with Gasteiger partial charge < -0.3 is 10.1 Å². The summed E-state index contributed by atoms with van der Waals surface area (Å²) in [5, 5.41) is 3.12. The minimum absolute atomic E-state index is 0.119. The second-order valence-corrected chi connectivity index (χ2v) is 6.23. The summed E-state index contributed by atoms with van der Waals surface area (Å²) in [5.41, 5.74) is 1.73. The largest absolute Gasteiger partial charge is 0.435 e. The maximum absolute atomic E-state index is 12.1. The van der Waals surface area contributed by atoms with Gasteiger partial charge in [-0.05, 0) is 30.8 Å². The smallest absolute Gasteiger partial charge is 0.387 e. The highest BCUT2D eigenvalue weighted by molar-refractivity contribution is 7.20. The quantitative estimate of drug-likeness (QED) is 0.832. The highest BCUT2D eigenvalue weighted by Gasteiger charge is 2.18. The van der Waals surface area contributed by atoms with Gasteiger partial charge in [-0.2, -0.15) is 8.78 Å². The average molecular weight is 338 g/mol. The first-order valence-electron chi connectivity index (χ1n) is 5.68. The Bertz CT molecular complexity index is 574. The number of hydrogen-bond acceptors (Lipinski definition) is 3. The van der Waals surface area contributed by atoms with Crippen molar-refractivity contribution in [2.75, 3.05) is 7.05 Å². The van der Waals surface area contributed by atoms with Gasteiger partial charge in [0.25, 0.3) is 0 Å². The van der Waals surface area contributed by atoms with Crippen LogP contribution in [0.5, 0.6) is 5.75 Å². The number of halogens is 4. The fraction of sp³-hybridized carbons (Fsp3) is 0.231. The van der Waals surface area contributed by atoms with E-state index in [0.717, 1.165) is 11.1 Å². The summed E-state index contributed by atoms with van der Waals surface area (Å²) in [6.45, 7) is -2.83. The molecule has 1 heterocycles. The lowest BCUT2D eigenvalue weighted by atomic mass is 10.0. The van der Waals surface area contributed by atoms with Crippen LogP contribution in [0.2, 0.25) is 8.67 Å². The molecule has 1 unspecified atom stereocenters. The molecule has 2 rings (SSSR count). The van der Waals surface area contributed by atoms with Crippen molar-refractivity contribution in [2.24, 2.45) is 0 Å².